The van der Waals surface area contributed by atoms with Crippen molar-refractivity contribution < 1.29 is 25.5 Å². The Bertz CT molecular complexity index is 715. The summed E-state index contributed by atoms with van der Waals surface area (Å²) in [6, 6.07) is 8.67. The lowest BCUT2D eigenvalue weighted by Crippen LogP contribution is -2.46. The van der Waals surface area contributed by atoms with Crippen molar-refractivity contribution in [2.24, 2.45) is 5.10 Å². The monoisotopic (exact) mass is 355 g/mol. The Morgan fingerprint density at radius 2 is 1.88 bits per heavy atom. The molecule has 0 saturated carbocycles. The normalized spacial score (nSPS) is 16.9. The summed E-state index contributed by atoms with van der Waals surface area (Å²) < 4.78 is 0. The van der Waals surface area contributed by atoms with Crippen LogP contribution in [0.1, 0.15) is 0 Å². The second kappa shape index (κ2) is 8.34. The fraction of sp³-hybridized carbons (Fsp3) is 0.333. The van der Waals surface area contributed by atoms with Gasteiger partial charge in [-0.1, -0.05) is 11.6 Å². The van der Waals surface area contributed by atoms with E-state index in [9.17, 15) is 20.4 Å². The molecule has 130 valence electrons. The van der Waals surface area contributed by atoms with Crippen molar-refractivity contribution in [1.29, 1.82) is 0 Å². The maximum Gasteiger partial charge on any atom is 0.146 e. The van der Waals surface area contributed by atoms with Crippen LogP contribution < -0.4 is 5.43 Å². The Balaban J connectivity index is 1.99. The van der Waals surface area contributed by atoms with Crippen LogP contribution in [0.3, 0.4) is 0 Å². The molecular formula is C15H18ClN3O5. The van der Waals surface area contributed by atoms with E-state index in [1.54, 1.807) is 30.3 Å². The van der Waals surface area contributed by atoms with Gasteiger partial charge < -0.3 is 25.5 Å². The number of rotatable bonds is 7. The van der Waals surface area contributed by atoms with Crippen LogP contribution in [0.25, 0.3) is 10.9 Å². The van der Waals surface area contributed by atoms with Crippen LogP contribution in [-0.4, -0.2) is 67.8 Å². The average Bonchev–Trinajstić information content (AvgIpc) is 2.59. The number of nitrogens with one attached hydrogen (secondary N) is 1. The smallest absolute Gasteiger partial charge is 0.146 e. The first-order chi connectivity index (χ1) is 11.4. The van der Waals surface area contributed by atoms with Crippen LogP contribution in [0, 0.1) is 0 Å². The minimum atomic E-state index is -1.71. The van der Waals surface area contributed by atoms with E-state index < -0.39 is 31.0 Å². The quantitative estimate of drug-likeness (QED) is 0.297. The van der Waals surface area contributed by atoms with Crippen LogP contribution in [0.4, 0.5) is 5.82 Å². The zero-order valence-electron chi connectivity index (χ0n) is 12.5. The molecule has 0 bridgehead atoms. The molecular weight excluding hydrogens is 338 g/mol. The van der Waals surface area contributed by atoms with E-state index in [0.29, 0.717) is 16.4 Å². The minimum absolute atomic E-state index is 0.402. The third-order valence-electron chi connectivity index (χ3n) is 3.34. The molecule has 0 spiro atoms. The van der Waals surface area contributed by atoms with Gasteiger partial charge in [-0.25, -0.2) is 4.98 Å². The molecule has 0 radical (unpaired) electrons. The van der Waals surface area contributed by atoms with E-state index >= 15 is 0 Å². The highest BCUT2D eigenvalue weighted by Gasteiger charge is 2.29. The predicted molar refractivity (Wildman–Crippen MR) is 90.0 cm³/mol. The number of fused-ring (bicyclic) bond motifs is 1. The second-order valence-electron chi connectivity index (χ2n) is 5.15. The van der Waals surface area contributed by atoms with Crippen LogP contribution in [-0.2, 0) is 0 Å². The number of aliphatic hydroxyl groups excluding tert-OH is 5. The Morgan fingerprint density at radius 1 is 1.12 bits per heavy atom. The Kier molecular flexibility index (Phi) is 6.44. The minimum Gasteiger partial charge on any atom is -0.394 e. The molecule has 24 heavy (non-hydrogen) atoms. The molecule has 0 unspecified atom stereocenters. The number of aromatic nitrogens is 1. The van der Waals surface area contributed by atoms with Crippen molar-refractivity contribution >= 4 is 34.5 Å². The Labute approximate surface area is 142 Å². The van der Waals surface area contributed by atoms with Crippen molar-refractivity contribution in [3.63, 3.8) is 0 Å². The number of hydrazone groups is 1. The Morgan fingerprint density at radius 3 is 2.58 bits per heavy atom. The van der Waals surface area contributed by atoms with Crippen molar-refractivity contribution in [3.05, 3.63) is 35.4 Å². The molecule has 0 saturated heterocycles. The lowest BCUT2D eigenvalue weighted by molar-refractivity contribution is -0.0999. The van der Waals surface area contributed by atoms with E-state index in [2.05, 4.69) is 15.5 Å². The van der Waals surface area contributed by atoms with Crippen LogP contribution in [0.5, 0.6) is 0 Å². The lowest BCUT2D eigenvalue weighted by Gasteiger charge is -2.23. The summed E-state index contributed by atoms with van der Waals surface area (Å²) in [6.07, 6.45) is -5.58. The average molecular weight is 356 g/mol. The summed E-state index contributed by atoms with van der Waals surface area (Å²) in [5, 5.41) is 51.9. The zero-order chi connectivity index (χ0) is 17.7. The van der Waals surface area contributed by atoms with Gasteiger partial charge in [0.15, 0.2) is 0 Å². The van der Waals surface area contributed by atoms with E-state index in [-0.39, 0.29) is 0 Å². The third-order valence-corrected chi connectivity index (χ3v) is 3.57. The van der Waals surface area contributed by atoms with Crippen LogP contribution >= 0.6 is 11.6 Å². The highest BCUT2D eigenvalue weighted by atomic mass is 35.5. The number of anilines is 1. The molecule has 0 fully saturated rings. The summed E-state index contributed by atoms with van der Waals surface area (Å²) in [4.78, 5) is 4.28. The van der Waals surface area contributed by atoms with E-state index in [4.69, 9.17) is 16.7 Å². The van der Waals surface area contributed by atoms with Gasteiger partial charge in [0, 0.05) is 10.4 Å². The first kappa shape index (κ1) is 18.5. The molecule has 1 aromatic carbocycles. The van der Waals surface area contributed by atoms with Crippen molar-refractivity contribution in [1.82, 2.24) is 4.98 Å². The van der Waals surface area contributed by atoms with Gasteiger partial charge in [0.2, 0.25) is 0 Å². The summed E-state index contributed by atoms with van der Waals surface area (Å²) in [5.74, 6) is 0.402. The summed E-state index contributed by atoms with van der Waals surface area (Å²) in [5.41, 5.74) is 3.28. The molecule has 2 aromatic rings. The predicted octanol–water partition coefficient (Wildman–Crippen LogP) is -0.278. The van der Waals surface area contributed by atoms with E-state index in [1.807, 2.05) is 0 Å². The first-order valence-electron chi connectivity index (χ1n) is 7.11. The molecule has 1 aromatic heterocycles. The SMILES string of the molecule is OC[C@@H](O)[C@H](O)[C@H](O)[C@@H](O)/C=N/Nc1ccc2cc(Cl)ccc2n1. The summed E-state index contributed by atoms with van der Waals surface area (Å²) in [6.45, 7) is -0.745. The fourth-order valence-corrected chi connectivity index (χ4v) is 2.14. The highest BCUT2D eigenvalue weighted by molar-refractivity contribution is 6.31. The number of pyridine rings is 1. The van der Waals surface area contributed by atoms with Crippen molar-refractivity contribution in [2.75, 3.05) is 12.0 Å². The molecule has 9 heteroatoms. The molecule has 4 atom stereocenters. The molecule has 2 rings (SSSR count). The van der Waals surface area contributed by atoms with Gasteiger partial charge in [-0.3, -0.25) is 5.43 Å². The number of hydrogen-bond acceptors (Lipinski definition) is 8. The van der Waals surface area contributed by atoms with Gasteiger partial charge in [-0.15, -0.1) is 0 Å². The maximum atomic E-state index is 9.69. The van der Waals surface area contributed by atoms with E-state index in [1.165, 1.54) is 0 Å². The van der Waals surface area contributed by atoms with Crippen LogP contribution in [0.15, 0.2) is 35.4 Å². The first-order valence-corrected chi connectivity index (χ1v) is 7.49. The Hall–Kier alpha value is -1.81. The molecule has 8 nitrogen and oxygen atoms in total. The fourth-order valence-electron chi connectivity index (χ4n) is 1.96. The van der Waals surface area contributed by atoms with Crippen LogP contribution in [0.2, 0.25) is 5.02 Å². The second-order valence-corrected chi connectivity index (χ2v) is 5.58. The maximum absolute atomic E-state index is 9.69. The van der Waals surface area contributed by atoms with Gasteiger partial charge in [0.25, 0.3) is 0 Å². The molecule has 6 N–H and O–H groups in total. The van der Waals surface area contributed by atoms with Gasteiger partial charge in [0.1, 0.15) is 30.2 Å². The zero-order valence-corrected chi connectivity index (χ0v) is 13.2. The molecule has 0 aliphatic carbocycles. The van der Waals surface area contributed by atoms with Gasteiger partial charge in [-0.05, 0) is 30.3 Å². The molecule has 1 heterocycles. The largest absolute Gasteiger partial charge is 0.394 e. The van der Waals surface area contributed by atoms with Gasteiger partial charge in [-0.2, -0.15) is 5.10 Å². The van der Waals surface area contributed by atoms with Crippen molar-refractivity contribution in [3.8, 4) is 0 Å². The molecule has 0 aliphatic heterocycles. The molecule has 0 aliphatic rings. The van der Waals surface area contributed by atoms with Gasteiger partial charge in [0.05, 0.1) is 18.3 Å². The number of nitrogens with zero attached hydrogens (tertiary/aromatic N) is 2. The summed E-state index contributed by atoms with van der Waals surface area (Å²) in [7, 11) is 0. The summed E-state index contributed by atoms with van der Waals surface area (Å²) >= 11 is 5.89. The van der Waals surface area contributed by atoms with Crippen molar-refractivity contribution in [2.45, 2.75) is 24.4 Å². The molecule has 0 amide bonds. The highest BCUT2D eigenvalue weighted by Crippen LogP contribution is 2.19. The number of halogens is 1. The topological polar surface area (TPSA) is 138 Å². The lowest BCUT2D eigenvalue weighted by atomic mass is 10.0. The number of hydrogen-bond donors (Lipinski definition) is 6. The van der Waals surface area contributed by atoms with E-state index in [0.717, 1.165) is 11.6 Å². The third kappa shape index (κ3) is 4.60. The number of aliphatic hydroxyl groups is 5. The number of benzene rings is 1. The standard InChI is InChI=1S/C15H18ClN3O5/c16-9-2-3-10-8(5-9)1-4-13(18-10)19-17-6-11(21)14(23)15(24)12(22)7-20/h1-6,11-12,14-15,20-24H,7H2,(H,18,19)/b17-6+/t11-,12+,14+,15-/m0/s1. The van der Waals surface area contributed by atoms with Gasteiger partial charge >= 0.3 is 0 Å².